The summed E-state index contributed by atoms with van der Waals surface area (Å²) in [6.07, 6.45) is 6.68. The predicted molar refractivity (Wildman–Crippen MR) is 163 cm³/mol. The fourth-order valence-corrected chi connectivity index (χ4v) is 7.08. The molecule has 1 radical (unpaired) electrons. The number of carbonyl (C=O) groups is 4. The Morgan fingerprint density at radius 2 is 1.91 bits per heavy atom. The van der Waals surface area contributed by atoms with Crippen LogP contribution in [0, 0.1) is 17.4 Å². The van der Waals surface area contributed by atoms with Crippen LogP contribution in [-0.2, 0) is 61.9 Å². The first-order chi connectivity index (χ1) is 21.7. The van der Waals surface area contributed by atoms with Crippen LogP contribution < -0.4 is 25.7 Å². The summed E-state index contributed by atoms with van der Waals surface area (Å²) in [6, 6.07) is -0.529. The Bertz CT molecular complexity index is 1620. The van der Waals surface area contributed by atoms with E-state index in [9.17, 15) is 32.4 Å². The van der Waals surface area contributed by atoms with Crippen LogP contribution in [0.15, 0.2) is 35.8 Å². The van der Waals surface area contributed by atoms with Gasteiger partial charge in [0.05, 0.1) is 17.9 Å². The summed E-state index contributed by atoms with van der Waals surface area (Å²) in [4.78, 5) is 68.6. The molecule has 3 aliphatic heterocycles. The van der Waals surface area contributed by atoms with Crippen LogP contribution in [0.4, 0.5) is 4.79 Å². The molecule has 6 rings (SSSR count). The molecule has 0 spiro atoms. The number of aromatic nitrogens is 2. The number of hydrogen-bond acceptors (Lipinski definition) is 10. The molecule has 1 aromatic rings. The van der Waals surface area contributed by atoms with Gasteiger partial charge in [-0.1, -0.05) is 45.2 Å². The van der Waals surface area contributed by atoms with E-state index in [0.717, 1.165) is 4.68 Å². The van der Waals surface area contributed by atoms with Gasteiger partial charge >= 0.3 is 6.09 Å². The maximum absolute atomic E-state index is 14.2. The van der Waals surface area contributed by atoms with Gasteiger partial charge in [-0.2, -0.15) is 0 Å². The largest absolute Gasteiger partial charge is 0.529 e. The molecule has 253 valence electrons. The number of amides is 4. The number of alkyl carbamates (subject to hydrolysis) is 1. The molecule has 17 heteroatoms. The third kappa shape index (κ3) is 8.14. The van der Waals surface area contributed by atoms with Gasteiger partial charge in [0.15, 0.2) is 5.56 Å². The average molecular weight is 749 g/mol. The smallest absolute Gasteiger partial charge is 0.408 e. The van der Waals surface area contributed by atoms with Crippen molar-refractivity contribution in [2.45, 2.75) is 81.8 Å². The van der Waals surface area contributed by atoms with E-state index in [-0.39, 0.29) is 71.1 Å². The third-order valence-electron chi connectivity index (χ3n) is 8.59. The predicted octanol–water partition coefficient (Wildman–Crippen LogP) is 0.332. The second-order valence-corrected chi connectivity index (χ2v) is 15.1. The normalized spacial score (nSPS) is 28.7. The maximum atomic E-state index is 14.2. The van der Waals surface area contributed by atoms with Crippen molar-refractivity contribution in [2.24, 2.45) is 11.3 Å². The van der Waals surface area contributed by atoms with Crippen molar-refractivity contribution < 1.29 is 69.8 Å². The van der Waals surface area contributed by atoms with Gasteiger partial charge in [-0.15, -0.1) is 12.6 Å². The first-order valence-electron chi connectivity index (χ1n) is 15.2. The Labute approximate surface area is 298 Å². The second-order valence-electron chi connectivity index (χ2n) is 13.1. The monoisotopic (exact) mass is 748 g/mol. The molecule has 1 unspecified atom stereocenters. The number of fused-ring (bicyclic) bond motifs is 11. The van der Waals surface area contributed by atoms with Gasteiger partial charge in [0.1, 0.15) is 24.2 Å². The van der Waals surface area contributed by atoms with Crippen molar-refractivity contribution in [3.8, 4) is 5.75 Å². The van der Waals surface area contributed by atoms with Crippen LogP contribution in [0.25, 0.3) is 0 Å². The van der Waals surface area contributed by atoms with Gasteiger partial charge < -0.3 is 25.0 Å². The van der Waals surface area contributed by atoms with Gasteiger partial charge in [0, 0.05) is 51.6 Å². The van der Waals surface area contributed by atoms with Crippen molar-refractivity contribution >= 4 is 33.8 Å². The Morgan fingerprint density at radius 1 is 1.19 bits per heavy atom. The molecule has 0 aromatic carbocycles. The van der Waals surface area contributed by atoms with E-state index in [1.807, 2.05) is 0 Å². The minimum Gasteiger partial charge on any atom is -0.529 e. The molecule has 3 N–H and O–H groups in total. The molecule has 2 aliphatic carbocycles. The number of carbonyl (C=O) groups excluding carboxylic acids is 4. The molecule has 5 atom stereocenters. The van der Waals surface area contributed by atoms with Crippen LogP contribution in [0.2, 0.25) is 0 Å². The van der Waals surface area contributed by atoms with Crippen LogP contribution in [0.5, 0.6) is 5.75 Å². The van der Waals surface area contributed by atoms with Crippen molar-refractivity contribution in [3.05, 3.63) is 47.4 Å². The van der Waals surface area contributed by atoms with E-state index in [1.165, 1.54) is 17.2 Å². The Hall–Kier alpha value is -3.11. The van der Waals surface area contributed by atoms with Crippen molar-refractivity contribution in [1.82, 2.24) is 30.0 Å². The minimum atomic E-state index is -3.91. The van der Waals surface area contributed by atoms with E-state index >= 15 is 0 Å². The quantitative estimate of drug-likeness (QED) is 0.270. The first-order valence-corrected chi connectivity index (χ1v) is 16.7. The van der Waals surface area contributed by atoms with Crippen molar-refractivity contribution in [1.29, 1.82) is 0 Å². The summed E-state index contributed by atoms with van der Waals surface area (Å²) in [5.41, 5.74) is -3.05. The standard InChI is InChI=1S/C30H39N6O9S.Y/c1-5-18-15-30(18,27(40)34-46(42,43)21-9-10-21)33-25(38)22-13-19-17-35(22)26(39)24(29(2,3)4)32-28(41)45-12-8-6-7-11-44-20-14-23(37)36(19)31-16-20;/h5-6,8,16,18-19,21-22,24H,1,7,9-13,15,17H2,2-4H3,(H,32,41)(H,33,38)(H,34,40);/q-1;/b8-6+;/t18?,19-,22+,24-,30-;/m1./s1. The number of rotatable bonds is 6. The third-order valence-corrected chi connectivity index (χ3v) is 10.4. The zero-order valence-corrected chi connectivity index (χ0v) is 30.2. The molecule has 4 heterocycles. The summed E-state index contributed by atoms with van der Waals surface area (Å²) in [6.45, 7) is 8.95. The first kappa shape index (κ1) is 36.7. The Morgan fingerprint density at radius 3 is 2.53 bits per heavy atom. The Balaban J connectivity index is 0.00000500. The van der Waals surface area contributed by atoms with Crippen LogP contribution in [0.1, 0.15) is 58.9 Å². The van der Waals surface area contributed by atoms with E-state index in [0.29, 0.717) is 19.3 Å². The zero-order chi connectivity index (χ0) is 33.4. The van der Waals surface area contributed by atoms with Crippen LogP contribution in [0.3, 0.4) is 0 Å². The van der Waals surface area contributed by atoms with E-state index in [1.54, 1.807) is 32.9 Å². The number of hydrogen-bond donors (Lipinski definition) is 3. The number of ether oxygens (including phenoxy) is 2. The maximum Gasteiger partial charge on any atom is 0.408 e. The number of nitrogens with one attached hydrogen (secondary N) is 3. The fourth-order valence-electron chi connectivity index (χ4n) is 5.72. The van der Waals surface area contributed by atoms with Gasteiger partial charge in [0.25, 0.3) is 5.91 Å². The van der Waals surface area contributed by atoms with Gasteiger partial charge in [-0.25, -0.2) is 13.2 Å². The number of nitrogens with zero attached hydrogens (tertiary/aromatic N) is 3. The summed E-state index contributed by atoms with van der Waals surface area (Å²) >= 11 is 0. The zero-order valence-electron chi connectivity index (χ0n) is 26.6. The van der Waals surface area contributed by atoms with E-state index in [2.05, 4.69) is 33.1 Å². The minimum absolute atomic E-state index is 0. The van der Waals surface area contributed by atoms with Crippen LogP contribution in [-0.4, -0.2) is 89.5 Å². The molecule has 1 saturated heterocycles. The van der Waals surface area contributed by atoms with E-state index in [4.69, 9.17) is 9.47 Å². The topological polar surface area (TPSA) is 195 Å². The summed E-state index contributed by atoms with van der Waals surface area (Å²) in [5, 5.41) is 8.90. The fraction of sp³-hybridized carbons (Fsp3) is 0.600. The molecule has 47 heavy (non-hydrogen) atoms. The van der Waals surface area contributed by atoms with Crippen LogP contribution >= 0.6 is 0 Å². The summed E-state index contributed by atoms with van der Waals surface area (Å²) in [5.74, 6) is -2.66. The molecule has 15 nitrogen and oxygen atoms in total. The van der Waals surface area contributed by atoms with Gasteiger partial charge in [0.2, 0.25) is 21.8 Å². The molecule has 4 bridgehead atoms. The molecule has 4 amide bonds. The van der Waals surface area contributed by atoms with Gasteiger partial charge in [-0.05, 0) is 36.8 Å². The molecular formula is C30H39N6O9SY-. The second kappa shape index (κ2) is 14.2. The van der Waals surface area contributed by atoms with E-state index < -0.39 is 79.6 Å². The van der Waals surface area contributed by atoms with Crippen molar-refractivity contribution in [2.75, 3.05) is 19.8 Å². The van der Waals surface area contributed by atoms with Gasteiger partial charge in [-0.3, -0.25) is 33.7 Å². The average Bonchev–Trinajstić information content (AvgIpc) is 3.90. The van der Waals surface area contributed by atoms with Crippen molar-refractivity contribution in [3.63, 3.8) is 0 Å². The SMILES string of the molecule is C=CC1C[C@]1(NC(=O)[C@@H]1C[C@@H]2CN1C(=O)[C@H](C(C)(C)C)NC(=O)OC/C=C/CCOc1[c-]c(=O)n2nc1)C(=O)NS(=O)(=O)C1CC1.[Y]. The molecule has 2 saturated carbocycles. The molecule has 5 aliphatic rings. The molecular weight excluding hydrogens is 709 g/mol. The summed E-state index contributed by atoms with van der Waals surface area (Å²) < 4.78 is 39.1. The summed E-state index contributed by atoms with van der Waals surface area (Å²) in [7, 11) is -3.91. The Kier molecular flexibility index (Phi) is 11.1. The molecule has 3 fully saturated rings. The number of sulfonamides is 1. The molecule has 1 aromatic heterocycles.